The third kappa shape index (κ3) is 9.49. The fraction of sp³-hybridized carbons (Fsp3) is 0.778. The monoisotopic (exact) mass is 237 g/mol. The molecule has 0 aliphatic heterocycles. The van der Waals surface area contributed by atoms with Gasteiger partial charge in [-0.25, -0.2) is 0 Å². The highest BCUT2D eigenvalue weighted by Crippen LogP contribution is 2.02. The van der Waals surface area contributed by atoms with Gasteiger partial charge >= 0.3 is 0 Å². The molecule has 1 atom stereocenters. The molecule has 0 aliphatic carbocycles. The van der Waals surface area contributed by atoms with Crippen molar-refractivity contribution in [3.8, 4) is 0 Å². The fourth-order valence-electron chi connectivity index (χ4n) is 1.05. The van der Waals surface area contributed by atoms with Crippen LogP contribution in [0.25, 0.3) is 0 Å². The number of carbonyl (C=O) groups is 2. The predicted molar refractivity (Wildman–Crippen MR) is 61.5 cm³/mol. The van der Waals surface area contributed by atoms with E-state index in [1.807, 2.05) is 13.8 Å². The minimum Gasteiger partial charge on any atom is -0.370 e. The molecule has 2 amide bonds. The zero-order valence-electron chi connectivity index (χ0n) is 9.16. The van der Waals surface area contributed by atoms with Crippen molar-refractivity contribution < 1.29 is 9.59 Å². The molecule has 0 radical (unpaired) electrons. The first-order chi connectivity index (χ1) is 6.43. The number of halogens is 1. The van der Waals surface area contributed by atoms with E-state index >= 15 is 0 Å². The summed E-state index contributed by atoms with van der Waals surface area (Å²) in [5.74, 6) is -0.269. The van der Waals surface area contributed by atoms with Crippen LogP contribution in [0.4, 0.5) is 0 Å². The molecule has 0 saturated carbocycles. The van der Waals surface area contributed by atoms with Gasteiger partial charge in [-0.05, 0) is 12.3 Å². The summed E-state index contributed by atoms with van der Waals surface area (Å²) >= 11 is 0. The topological polar surface area (TPSA) is 98.2 Å². The Balaban J connectivity index is 0. The van der Waals surface area contributed by atoms with Crippen LogP contribution < -0.4 is 16.8 Å². The highest BCUT2D eigenvalue weighted by molar-refractivity contribution is 5.85. The number of nitrogens with one attached hydrogen (secondary N) is 1. The van der Waals surface area contributed by atoms with Crippen LogP contribution in [0, 0.1) is 5.92 Å². The van der Waals surface area contributed by atoms with Crippen molar-refractivity contribution in [1.82, 2.24) is 5.32 Å². The minimum atomic E-state index is -0.497. The van der Waals surface area contributed by atoms with E-state index in [2.05, 4.69) is 5.32 Å². The van der Waals surface area contributed by atoms with E-state index in [1.165, 1.54) is 0 Å². The summed E-state index contributed by atoms with van der Waals surface area (Å²) in [7, 11) is 0. The molecular formula is C9H20ClN3O2. The molecule has 0 rings (SSSR count). The predicted octanol–water partition coefficient (Wildman–Crippen LogP) is -0.227. The SMILES string of the molecule is CC(C)C[C@H](N)C(=O)NCCC(N)=O.Cl. The average molecular weight is 238 g/mol. The summed E-state index contributed by atoms with van der Waals surface area (Å²) < 4.78 is 0. The number of hydrogen-bond acceptors (Lipinski definition) is 3. The number of hydrogen-bond donors (Lipinski definition) is 3. The summed E-state index contributed by atoms with van der Waals surface area (Å²) in [6.07, 6.45) is 0.794. The first-order valence-electron chi connectivity index (χ1n) is 4.75. The molecular weight excluding hydrogens is 218 g/mol. The van der Waals surface area contributed by atoms with Gasteiger partial charge in [0.1, 0.15) is 0 Å². The van der Waals surface area contributed by atoms with Crippen molar-refractivity contribution in [2.45, 2.75) is 32.7 Å². The molecule has 0 aromatic heterocycles. The smallest absolute Gasteiger partial charge is 0.236 e. The number of primary amides is 1. The van der Waals surface area contributed by atoms with E-state index in [0.717, 1.165) is 0 Å². The van der Waals surface area contributed by atoms with Crippen LogP contribution in [0.3, 0.4) is 0 Å². The summed E-state index contributed by atoms with van der Waals surface area (Å²) in [5, 5.41) is 2.55. The van der Waals surface area contributed by atoms with Crippen LogP contribution in [0.1, 0.15) is 26.7 Å². The Bertz CT molecular complexity index is 210. The van der Waals surface area contributed by atoms with Gasteiger partial charge in [0.15, 0.2) is 0 Å². The molecule has 0 heterocycles. The molecule has 0 saturated heterocycles. The molecule has 0 fully saturated rings. The molecule has 5 N–H and O–H groups in total. The highest BCUT2D eigenvalue weighted by Gasteiger charge is 2.14. The number of rotatable bonds is 6. The van der Waals surface area contributed by atoms with Crippen molar-refractivity contribution >= 4 is 24.2 Å². The Morgan fingerprint density at radius 3 is 2.27 bits per heavy atom. The Kier molecular flexibility index (Phi) is 9.41. The molecule has 15 heavy (non-hydrogen) atoms. The summed E-state index contributed by atoms with van der Waals surface area (Å²) in [6.45, 7) is 4.26. The van der Waals surface area contributed by atoms with E-state index in [-0.39, 0.29) is 31.3 Å². The maximum absolute atomic E-state index is 11.3. The number of amides is 2. The molecule has 90 valence electrons. The van der Waals surface area contributed by atoms with Gasteiger partial charge in [-0.2, -0.15) is 0 Å². The molecule has 0 unspecified atom stereocenters. The van der Waals surface area contributed by atoms with Gasteiger partial charge in [-0.3, -0.25) is 9.59 Å². The molecule has 5 nitrogen and oxygen atoms in total. The highest BCUT2D eigenvalue weighted by atomic mass is 35.5. The van der Waals surface area contributed by atoms with Crippen LogP contribution >= 0.6 is 12.4 Å². The molecule has 0 aromatic carbocycles. The second-order valence-corrected chi connectivity index (χ2v) is 3.74. The maximum Gasteiger partial charge on any atom is 0.236 e. The molecule has 0 spiro atoms. The Morgan fingerprint density at radius 2 is 1.87 bits per heavy atom. The van der Waals surface area contributed by atoms with E-state index in [1.54, 1.807) is 0 Å². The van der Waals surface area contributed by atoms with Crippen LogP contribution in [0.2, 0.25) is 0 Å². The molecule has 6 heteroatoms. The number of carbonyl (C=O) groups excluding carboxylic acids is 2. The summed E-state index contributed by atoms with van der Waals surface area (Å²) in [6, 6.07) is -0.497. The zero-order valence-corrected chi connectivity index (χ0v) is 9.97. The van der Waals surface area contributed by atoms with Crippen molar-refractivity contribution in [3.05, 3.63) is 0 Å². The van der Waals surface area contributed by atoms with Gasteiger partial charge in [0.25, 0.3) is 0 Å². The van der Waals surface area contributed by atoms with Crippen LogP contribution in [0.5, 0.6) is 0 Å². The quantitative estimate of drug-likeness (QED) is 0.595. The fourth-order valence-corrected chi connectivity index (χ4v) is 1.05. The van der Waals surface area contributed by atoms with Crippen molar-refractivity contribution in [2.24, 2.45) is 17.4 Å². The van der Waals surface area contributed by atoms with Gasteiger partial charge in [0, 0.05) is 13.0 Å². The zero-order chi connectivity index (χ0) is 11.1. The van der Waals surface area contributed by atoms with Crippen molar-refractivity contribution in [2.75, 3.05) is 6.54 Å². The van der Waals surface area contributed by atoms with Gasteiger partial charge < -0.3 is 16.8 Å². The summed E-state index contributed by atoms with van der Waals surface area (Å²) in [5.41, 5.74) is 10.5. The normalized spacial score (nSPS) is 11.7. The molecule has 0 bridgehead atoms. The largest absolute Gasteiger partial charge is 0.370 e. The minimum absolute atomic E-state index is 0. The van der Waals surface area contributed by atoms with Gasteiger partial charge in [0.05, 0.1) is 6.04 Å². The third-order valence-electron chi connectivity index (χ3n) is 1.73. The molecule has 0 aromatic rings. The number of nitrogens with two attached hydrogens (primary N) is 2. The lowest BCUT2D eigenvalue weighted by Crippen LogP contribution is -2.42. The average Bonchev–Trinajstić information content (AvgIpc) is 2.01. The van der Waals surface area contributed by atoms with E-state index in [0.29, 0.717) is 12.3 Å². The Labute approximate surface area is 96.4 Å². The van der Waals surface area contributed by atoms with Gasteiger partial charge in [-0.1, -0.05) is 13.8 Å². The van der Waals surface area contributed by atoms with Gasteiger partial charge in [0.2, 0.25) is 11.8 Å². The lowest BCUT2D eigenvalue weighted by molar-refractivity contribution is -0.123. The maximum atomic E-state index is 11.3. The lowest BCUT2D eigenvalue weighted by atomic mass is 10.0. The first-order valence-corrected chi connectivity index (χ1v) is 4.75. The van der Waals surface area contributed by atoms with Crippen LogP contribution in [0.15, 0.2) is 0 Å². The summed E-state index contributed by atoms with van der Waals surface area (Å²) in [4.78, 5) is 21.6. The first kappa shape index (κ1) is 16.6. The van der Waals surface area contributed by atoms with Crippen molar-refractivity contribution in [1.29, 1.82) is 0 Å². The second-order valence-electron chi connectivity index (χ2n) is 3.74. The lowest BCUT2D eigenvalue weighted by Gasteiger charge is -2.13. The van der Waals surface area contributed by atoms with Crippen molar-refractivity contribution in [3.63, 3.8) is 0 Å². The van der Waals surface area contributed by atoms with E-state index < -0.39 is 11.9 Å². The molecule has 0 aliphatic rings. The Morgan fingerprint density at radius 1 is 1.33 bits per heavy atom. The second kappa shape index (κ2) is 8.49. The van der Waals surface area contributed by atoms with E-state index in [9.17, 15) is 9.59 Å². The van der Waals surface area contributed by atoms with Gasteiger partial charge in [-0.15, -0.1) is 12.4 Å². The van der Waals surface area contributed by atoms with E-state index in [4.69, 9.17) is 11.5 Å². The standard InChI is InChI=1S/C9H19N3O2.ClH/c1-6(2)5-7(10)9(14)12-4-3-8(11)13;/h6-7H,3-5,10H2,1-2H3,(H2,11,13)(H,12,14);1H/t7-;/m0./s1. The third-order valence-corrected chi connectivity index (χ3v) is 1.73. The Hall–Kier alpha value is -0.810. The van der Waals surface area contributed by atoms with Crippen LogP contribution in [-0.4, -0.2) is 24.4 Å². The van der Waals surface area contributed by atoms with Crippen LogP contribution in [-0.2, 0) is 9.59 Å².